The van der Waals surface area contributed by atoms with Crippen LogP contribution in [0.3, 0.4) is 0 Å². The lowest BCUT2D eigenvalue weighted by molar-refractivity contribution is -0.147. The summed E-state index contributed by atoms with van der Waals surface area (Å²) >= 11 is 1.62. The molecule has 1 saturated carbocycles. The minimum atomic E-state index is -0.671. The fraction of sp³-hybridized carbons (Fsp3) is 0.267. The highest BCUT2D eigenvalue weighted by Crippen LogP contribution is 2.47. The molecule has 3 heteroatoms. The van der Waals surface area contributed by atoms with Crippen molar-refractivity contribution in [2.75, 3.05) is 0 Å². The number of rotatable bonds is 3. The monoisotopic (exact) mass is 258 g/mol. The third-order valence-electron chi connectivity index (χ3n) is 3.75. The predicted octanol–water partition coefficient (Wildman–Crippen LogP) is 3.92. The lowest BCUT2D eigenvalue weighted by Gasteiger charge is -2.36. The number of carboxylic acid groups (broad SMARTS) is 1. The van der Waals surface area contributed by atoms with Crippen molar-refractivity contribution in [2.45, 2.75) is 24.7 Å². The second-order valence-electron chi connectivity index (χ2n) is 4.77. The molecule has 0 saturated heterocycles. The number of hydrogen-bond donors (Lipinski definition) is 1. The molecule has 0 aliphatic heterocycles. The van der Waals surface area contributed by atoms with Gasteiger partial charge in [-0.05, 0) is 30.5 Å². The molecule has 1 heterocycles. The molecule has 1 aromatic carbocycles. The number of hydrogen-bond acceptors (Lipinski definition) is 2. The number of benzene rings is 1. The summed E-state index contributed by atoms with van der Waals surface area (Å²) in [5, 5.41) is 9.42. The van der Waals surface area contributed by atoms with Gasteiger partial charge in [-0.3, -0.25) is 4.79 Å². The summed E-state index contributed by atoms with van der Waals surface area (Å²) in [6, 6.07) is 14.1. The molecule has 0 atom stereocenters. The summed E-state index contributed by atoms with van der Waals surface area (Å²) in [6.07, 6.45) is 2.57. The first-order valence-electron chi connectivity index (χ1n) is 6.11. The predicted molar refractivity (Wildman–Crippen MR) is 72.9 cm³/mol. The van der Waals surface area contributed by atoms with Crippen molar-refractivity contribution < 1.29 is 9.90 Å². The second-order valence-corrected chi connectivity index (χ2v) is 5.85. The van der Waals surface area contributed by atoms with Gasteiger partial charge in [0.1, 0.15) is 5.41 Å². The Labute approximate surface area is 110 Å². The van der Waals surface area contributed by atoms with Crippen molar-refractivity contribution >= 4 is 17.3 Å². The van der Waals surface area contributed by atoms with Crippen LogP contribution in [-0.2, 0) is 10.2 Å². The first-order chi connectivity index (χ1) is 8.72. The van der Waals surface area contributed by atoms with Gasteiger partial charge in [-0.25, -0.2) is 0 Å². The zero-order chi connectivity index (χ0) is 12.6. The molecule has 0 bridgehead atoms. The fourth-order valence-electron chi connectivity index (χ4n) is 2.45. The van der Waals surface area contributed by atoms with Crippen molar-refractivity contribution in [3.05, 3.63) is 47.3 Å². The van der Waals surface area contributed by atoms with Gasteiger partial charge in [-0.15, -0.1) is 11.3 Å². The van der Waals surface area contributed by atoms with Crippen molar-refractivity contribution in [2.24, 2.45) is 0 Å². The molecule has 1 aliphatic rings. The maximum absolute atomic E-state index is 11.5. The average molecular weight is 258 g/mol. The quantitative estimate of drug-likeness (QED) is 0.906. The van der Waals surface area contributed by atoms with E-state index in [1.54, 1.807) is 11.3 Å². The number of thiophene rings is 1. The average Bonchev–Trinajstić information content (AvgIpc) is 2.78. The number of carbonyl (C=O) groups is 1. The Bertz CT molecular complexity index is 567. The normalized spacial score (nSPS) is 17.1. The van der Waals surface area contributed by atoms with Gasteiger partial charge in [0.2, 0.25) is 0 Å². The zero-order valence-electron chi connectivity index (χ0n) is 9.93. The molecule has 1 aromatic heterocycles. The Balaban J connectivity index is 1.97. The van der Waals surface area contributed by atoms with E-state index in [-0.39, 0.29) is 0 Å². The molecule has 18 heavy (non-hydrogen) atoms. The van der Waals surface area contributed by atoms with Crippen LogP contribution in [0, 0.1) is 0 Å². The van der Waals surface area contributed by atoms with E-state index < -0.39 is 11.4 Å². The van der Waals surface area contributed by atoms with Crippen LogP contribution in [-0.4, -0.2) is 11.1 Å². The molecule has 1 fully saturated rings. The van der Waals surface area contributed by atoms with Crippen molar-refractivity contribution in [1.29, 1.82) is 0 Å². The molecule has 2 aromatic rings. The van der Waals surface area contributed by atoms with Gasteiger partial charge in [0.15, 0.2) is 0 Å². The van der Waals surface area contributed by atoms with Gasteiger partial charge in [-0.1, -0.05) is 36.8 Å². The fourth-order valence-corrected chi connectivity index (χ4v) is 3.70. The maximum Gasteiger partial charge on any atom is 0.314 e. The van der Waals surface area contributed by atoms with Gasteiger partial charge in [0, 0.05) is 9.75 Å². The van der Waals surface area contributed by atoms with Gasteiger partial charge in [0.05, 0.1) is 0 Å². The van der Waals surface area contributed by atoms with E-state index in [1.807, 2.05) is 30.3 Å². The molecule has 0 amide bonds. The maximum atomic E-state index is 11.5. The lowest BCUT2D eigenvalue weighted by atomic mass is 9.68. The first-order valence-corrected chi connectivity index (χ1v) is 6.93. The van der Waals surface area contributed by atoms with Crippen LogP contribution < -0.4 is 0 Å². The largest absolute Gasteiger partial charge is 0.481 e. The summed E-state index contributed by atoms with van der Waals surface area (Å²) in [5.74, 6) is -0.671. The smallest absolute Gasteiger partial charge is 0.314 e. The van der Waals surface area contributed by atoms with Gasteiger partial charge in [0.25, 0.3) is 0 Å². The molecular formula is C15H14O2S. The Kier molecular flexibility index (Phi) is 2.71. The summed E-state index contributed by atoms with van der Waals surface area (Å²) < 4.78 is 0. The molecular weight excluding hydrogens is 244 g/mol. The van der Waals surface area contributed by atoms with Gasteiger partial charge in [-0.2, -0.15) is 0 Å². The molecule has 2 nitrogen and oxygen atoms in total. The summed E-state index contributed by atoms with van der Waals surface area (Å²) in [6.45, 7) is 0. The highest BCUT2D eigenvalue weighted by molar-refractivity contribution is 7.15. The molecule has 1 N–H and O–H groups in total. The minimum Gasteiger partial charge on any atom is -0.481 e. The molecule has 0 unspecified atom stereocenters. The van der Waals surface area contributed by atoms with Crippen LogP contribution in [0.1, 0.15) is 24.1 Å². The Morgan fingerprint density at radius 1 is 1.11 bits per heavy atom. The topological polar surface area (TPSA) is 37.3 Å². The van der Waals surface area contributed by atoms with Crippen LogP contribution in [0.5, 0.6) is 0 Å². The molecule has 0 spiro atoms. The molecule has 92 valence electrons. The SMILES string of the molecule is O=C(O)C1(c2ccc(-c3ccccc3)s2)CCC1. The second kappa shape index (κ2) is 4.25. The number of carboxylic acids is 1. The van der Waals surface area contributed by atoms with E-state index in [9.17, 15) is 9.90 Å². The van der Waals surface area contributed by atoms with E-state index in [1.165, 1.54) is 0 Å². The highest BCUT2D eigenvalue weighted by Gasteiger charge is 2.46. The van der Waals surface area contributed by atoms with Crippen LogP contribution >= 0.6 is 11.3 Å². The van der Waals surface area contributed by atoms with Crippen LogP contribution in [0.4, 0.5) is 0 Å². The third kappa shape index (κ3) is 1.66. The summed E-state index contributed by atoms with van der Waals surface area (Å²) in [7, 11) is 0. The molecule has 3 rings (SSSR count). The van der Waals surface area contributed by atoms with E-state index >= 15 is 0 Å². The van der Waals surface area contributed by atoms with Crippen molar-refractivity contribution in [3.63, 3.8) is 0 Å². The van der Waals surface area contributed by atoms with E-state index in [2.05, 4.69) is 12.1 Å². The number of aliphatic carboxylic acids is 1. The van der Waals surface area contributed by atoms with E-state index in [0.717, 1.165) is 34.6 Å². The van der Waals surface area contributed by atoms with Crippen LogP contribution in [0.2, 0.25) is 0 Å². The lowest BCUT2D eigenvalue weighted by Crippen LogP contribution is -2.41. The third-order valence-corrected chi connectivity index (χ3v) is 5.09. The van der Waals surface area contributed by atoms with E-state index in [0.29, 0.717) is 0 Å². The highest BCUT2D eigenvalue weighted by atomic mass is 32.1. The van der Waals surface area contributed by atoms with Crippen molar-refractivity contribution in [3.8, 4) is 10.4 Å². The van der Waals surface area contributed by atoms with Crippen LogP contribution in [0.25, 0.3) is 10.4 Å². The first kappa shape index (κ1) is 11.5. The van der Waals surface area contributed by atoms with Gasteiger partial charge < -0.3 is 5.11 Å². The summed E-state index contributed by atoms with van der Waals surface area (Å²) in [4.78, 5) is 13.6. The molecule has 0 radical (unpaired) electrons. The Morgan fingerprint density at radius 3 is 2.39 bits per heavy atom. The van der Waals surface area contributed by atoms with Gasteiger partial charge >= 0.3 is 5.97 Å². The summed E-state index contributed by atoms with van der Waals surface area (Å²) in [5.41, 5.74) is 0.561. The Morgan fingerprint density at radius 2 is 1.83 bits per heavy atom. The van der Waals surface area contributed by atoms with Crippen LogP contribution in [0.15, 0.2) is 42.5 Å². The molecule has 1 aliphatic carbocycles. The van der Waals surface area contributed by atoms with Crippen molar-refractivity contribution in [1.82, 2.24) is 0 Å². The Hall–Kier alpha value is -1.61. The minimum absolute atomic E-state index is 0.600. The van der Waals surface area contributed by atoms with E-state index in [4.69, 9.17) is 0 Å². The standard InChI is InChI=1S/C15H14O2S/c16-14(17)15(9-4-10-15)13-8-7-12(18-13)11-5-2-1-3-6-11/h1-3,5-8H,4,9-10H2,(H,16,17). The zero-order valence-corrected chi connectivity index (χ0v) is 10.7.